The average molecular weight is 309 g/mol. The van der Waals surface area contributed by atoms with Crippen LogP contribution in [-0.4, -0.2) is 16.9 Å². The first-order valence-corrected chi connectivity index (χ1v) is 5.79. The van der Waals surface area contributed by atoms with E-state index < -0.39 is 17.7 Å². The quantitative estimate of drug-likeness (QED) is 0.596. The van der Waals surface area contributed by atoms with E-state index in [2.05, 4.69) is 15.7 Å². The van der Waals surface area contributed by atoms with Gasteiger partial charge in [-0.1, -0.05) is 11.6 Å². The van der Waals surface area contributed by atoms with Gasteiger partial charge in [0.15, 0.2) is 0 Å². The third-order valence-electron chi connectivity index (χ3n) is 2.31. The van der Waals surface area contributed by atoms with Crippen molar-refractivity contribution in [2.45, 2.75) is 6.18 Å². The lowest BCUT2D eigenvalue weighted by atomic mass is 10.3. The molecule has 0 radical (unpaired) electrons. The van der Waals surface area contributed by atoms with E-state index in [1.807, 2.05) is 5.10 Å². The largest absolute Gasteiger partial charge is 0.432 e. The first-order valence-electron chi connectivity index (χ1n) is 5.41. The highest BCUT2D eigenvalue weighted by Crippen LogP contribution is 2.28. The summed E-state index contributed by atoms with van der Waals surface area (Å²) in [6, 6.07) is 4.67. The Kier molecular flexibility index (Phi) is 4.03. The summed E-state index contributed by atoms with van der Waals surface area (Å²) < 4.78 is 49.9. The maximum atomic E-state index is 13.0. The van der Waals surface area contributed by atoms with Crippen LogP contribution >= 0.6 is 11.6 Å². The Labute approximate surface area is 116 Å². The zero-order chi connectivity index (χ0) is 14.8. The second kappa shape index (κ2) is 5.58. The van der Waals surface area contributed by atoms with Crippen LogP contribution in [0.4, 0.5) is 29.1 Å². The van der Waals surface area contributed by atoms with Crippen molar-refractivity contribution in [3.8, 4) is 0 Å². The minimum absolute atomic E-state index is 0.0207. The van der Waals surface area contributed by atoms with E-state index in [1.54, 1.807) is 0 Å². The number of hydrogen-bond donors (Lipinski definition) is 3. The molecule has 0 saturated heterocycles. The molecule has 0 amide bonds. The zero-order valence-electron chi connectivity index (χ0n) is 9.85. The van der Waals surface area contributed by atoms with Gasteiger partial charge in [0.25, 0.3) is 0 Å². The summed E-state index contributed by atoms with van der Waals surface area (Å²) in [6.45, 7) is 0.0575. The number of nitrogens with zero attached hydrogens (tertiary/aromatic N) is 1. The lowest BCUT2D eigenvalue weighted by Crippen LogP contribution is -2.12. The van der Waals surface area contributed by atoms with Gasteiger partial charge in [-0.25, -0.2) is 4.39 Å². The molecular formula is C11H9ClF4N4. The molecule has 2 aromatic rings. The van der Waals surface area contributed by atoms with Crippen molar-refractivity contribution in [2.75, 3.05) is 17.3 Å². The summed E-state index contributed by atoms with van der Waals surface area (Å²) in [7, 11) is 0. The van der Waals surface area contributed by atoms with Gasteiger partial charge >= 0.3 is 6.18 Å². The molecule has 9 heteroatoms. The first-order chi connectivity index (χ1) is 9.34. The number of nitrogens with one attached hydrogen (secondary N) is 3. The maximum absolute atomic E-state index is 13.0. The van der Waals surface area contributed by atoms with E-state index in [0.29, 0.717) is 5.69 Å². The van der Waals surface area contributed by atoms with Gasteiger partial charge in [-0.2, -0.15) is 18.3 Å². The molecule has 1 aromatic heterocycles. The normalized spacial score (nSPS) is 11.4. The molecule has 0 aliphatic heterocycles. The number of benzene rings is 1. The number of H-pyrrole nitrogens is 1. The number of anilines is 2. The van der Waals surface area contributed by atoms with Gasteiger partial charge in [0.05, 0.1) is 6.67 Å². The van der Waals surface area contributed by atoms with Gasteiger partial charge in [-0.15, -0.1) is 0 Å². The molecule has 0 aliphatic rings. The number of halogens is 5. The molecule has 4 nitrogen and oxygen atoms in total. The van der Waals surface area contributed by atoms with E-state index in [-0.39, 0.29) is 17.5 Å². The van der Waals surface area contributed by atoms with Crippen molar-refractivity contribution in [3.05, 3.63) is 40.8 Å². The van der Waals surface area contributed by atoms with Crippen molar-refractivity contribution >= 4 is 23.1 Å². The average Bonchev–Trinajstić information content (AvgIpc) is 2.76. The van der Waals surface area contributed by atoms with Crippen molar-refractivity contribution in [2.24, 2.45) is 0 Å². The summed E-state index contributed by atoms with van der Waals surface area (Å²) in [5.41, 5.74) is -0.553. The standard InChI is InChI=1S/C11H9ClF4N4/c12-6-1-7(13)3-8(2-6)17-5-18-10-4-9(19-20-10)11(14,15)16/h1-4,17H,5H2,(H2,18,19,20). The molecule has 0 saturated carbocycles. The molecule has 108 valence electrons. The van der Waals surface area contributed by atoms with Crippen LogP contribution in [0, 0.1) is 5.82 Å². The number of aromatic amines is 1. The van der Waals surface area contributed by atoms with Crippen molar-refractivity contribution < 1.29 is 17.6 Å². The highest BCUT2D eigenvalue weighted by Gasteiger charge is 2.32. The molecule has 3 N–H and O–H groups in total. The molecule has 0 unspecified atom stereocenters. The topological polar surface area (TPSA) is 52.7 Å². The van der Waals surface area contributed by atoms with E-state index in [9.17, 15) is 17.6 Å². The third-order valence-corrected chi connectivity index (χ3v) is 2.53. The van der Waals surface area contributed by atoms with Gasteiger partial charge in [0, 0.05) is 16.8 Å². The summed E-state index contributed by atoms with van der Waals surface area (Å²) in [5, 5.41) is 10.9. The predicted molar refractivity (Wildman–Crippen MR) is 67.1 cm³/mol. The zero-order valence-corrected chi connectivity index (χ0v) is 10.6. The van der Waals surface area contributed by atoms with Gasteiger partial charge < -0.3 is 10.6 Å². The minimum Gasteiger partial charge on any atom is -0.368 e. The molecule has 2 rings (SSSR count). The highest BCUT2D eigenvalue weighted by atomic mass is 35.5. The van der Waals surface area contributed by atoms with Crippen molar-refractivity contribution in [1.29, 1.82) is 0 Å². The molecule has 1 aromatic carbocycles. The molecule has 0 atom stereocenters. The van der Waals surface area contributed by atoms with Gasteiger partial charge in [0.2, 0.25) is 0 Å². The van der Waals surface area contributed by atoms with Crippen LogP contribution < -0.4 is 10.6 Å². The number of alkyl halides is 3. The SMILES string of the molecule is Fc1cc(Cl)cc(NCNc2cc(C(F)(F)F)[nH]n2)c1. The van der Waals surface area contributed by atoms with Gasteiger partial charge in [-0.05, 0) is 18.2 Å². The van der Waals surface area contributed by atoms with E-state index in [4.69, 9.17) is 11.6 Å². The summed E-state index contributed by atoms with van der Waals surface area (Å²) in [4.78, 5) is 0. The van der Waals surface area contributed by atoms with Gasteiger partial charge in [-0.3, -0.25) is 5.10 Å². The van der Waals surface area contributed by atoms with Crippen LogP contribution in [0.15, 0.2) is 24.3 Å². The van der Waals surface area contributed by atoms with E-state index in [0.717, 1.165) is 12.1 Å². The van der Waals surface area contributed by atoms with Crippen LogP contribution in [0.2, 0.25) is 5.02 Å². The molecule has 1 heterocycles. The van der Waals surface area contributed by atoms with E-state index in [1.165, 1.54) is 12.1 Å². The maximum Gasteiger partial charge on any atom is 0.432 e. The molecular weight excluding hydrogens is 300 g/mol. The molecule has 0 aliphatic carbocycles. The fraction of sp³-hybridized carbons (Fsp3) is 0.182. The Morgan fingerprint density at radius 3 is 2.50 bits per heavy atom. The second-order valence-corrected chi connectivity index (χ2v) is 4.29. The summed E-state index contributed by atoms with van der Waals surface area (Å²) in [6.07, 6.45) is -4.48. The van der Waals surface area contributed by atoms with Crippen LogP contribution in [0.25, 0.3) is 0 Å². The minimum atomic E-state index is -4.48. The Bertz CT molecular complexity index is 576. The summed E-state index contributed by atoms with van der Waals surface area (Å²) >= 11 is 5.66. The highest BCUT2D eigenvalue weighted by molar-refractivity contribution is 6.30. The fourth-order valence-corrected chi connectivity index (χ4v) is 1.67. The third kappa shape index (κ3) is 3.77. The predicted octanol–water partition coefficient (Wildman–Crippen LogP) is 3.70. The van der Waals surface area contributed by atoms with Crippen LogP contribution in [0.5, 0.6) is 0 Å². The van der Waals surface area contributed by atoms with Crippen LogP contribution in [-0.2, 0) is 6.18 Å². The smallest absolute Gasteiger partial charge is 0.368 e. The van der Waals surface area contributed by atoms with Crippen molar-refractivity contribution in [1.82, 2.24) is 10.2 Å². The number of rotatable bonds is 4. The Hall–Kier alpha value is -1.96. The van der Waals surface area contributed by atoms with Crippen LogP contribution in [0.3, 0.4) is 0 Å². The van der Waals surface area contributed by atoms with Gasteiger partial charge in [0.1, 0.15) is 17.3 Å². The first kappa shape index (κ1) is 14.4. The lowest BCUT2D eigenvalue weighted by Gasteiger charge is -2.07. The monoisotopic (exact) mass is 308 g/mol. The Balaban J connectivity index is 1.91. The van der Waals surface area contributed by atoms with E-state index >= 15 is 0 Å². The lowest BCUT2D eigenvalue weighted by molar-refractivity contribution is -0.141. The molecule has 0 bridgehead atoms. The second-order valence-electron chi connectivity index (χ2n) is 3.85. The Morgan fingerprint density at radius 2 is 1.90 bits per heavy atom. The summed E-state index contributed by atoms with van der Waals surface area (Å²) in [5.74, 6) is -0.494. The number of aromatic nitrogens is 2. The molecule has 0 spiro atoms. The molecule has 0 fully saturated rings. The Morgan fingerprint density at radius 1 is 1.15 bits per heavy atom. The number of hydrogen-bond acceptors (Lipinski definition) is 3. The van der Waals surface area contributed by atoms with Crippen LogP contribution in [0.1, 0.15) is 5.69 Å². The fourth-order valence-electron chi connectivity index (χ4n) is 1.45. The molecule has 20 heavy (non-hydrogen) atoms. The van der Waals surface area contributed by atoms with Crippen molar-refractivity contribution in [3.63, 3.8) is 0 Å².